The van der Waals surface area contributed by atoms with Crippen LogP contribution in [0.2, 0.25) is 0 Å². The largest absolute Gasteiger partial charge is 0.493 e. The van der Waals surface area contributed by atoms with E-state index in [9.17, 15) is 42.0 Å². The van der Waals surface area contributed by atoms with E-state index in [2.05, 4.69) is 31.9 Å². The molecule has 7 rings (SSSR count). The Morgan fingerprint density at radius 3 is 2.12 bits per heavy atom. The normalized spacial score (nSPS) is 16.8. The van der Waals surface area contributed by atoms with Gasteiger partial charge < -0.3 is 51.4 Å². The molecule has 6 atom stereocenters. The molecule has 0 radical (unpaired) electrons. The smallest absolute Gasteiger partial charge is 0.303 e. The second-order valence-corrected chi connectivity index (χ2v) is 25.2. The van der Waals surface area contributed by atoms with Gasteiger partial charge in [0, 0.05) is 56.2 Å². The van der Waals surface area contributed by atoms with Crippen molar-refractivity contribution in [3.63, 3.8) is 0 Å². The van der Waals surface area contributed by atoms with Crippen molar-refractivity contribution >= 4 is 83.7 Å². The first-order valence-corrected chi connectivity index (χ1v) is 32.2. The van der Waals surface area contributed by atoms with Gasteiger partial charge in [0.15, 0.2) is 0 Å². The lowest BCUT2D eigenvalue weighted by Gasteiger charge is -2.31. The van der Waals surface area contributed by atoms with E-state index in [1.54, 1.807) is 43.3 Å². The number of hydrogen-bond donors (Lipinski definition) is 8. The van der Waals surface area contributed by atoms with Gasteiger partial charge in [0.2, 0.25) is 29.5 Å². The lowest BCUT2D eigenvalue weighted by molar-refractivity contribution is -0.142. The minimum atomic E-state index is -4.45. The molecule has 5 aromatic rings. The Bertz CT molecular complexity index is 3260. The maximum atomic E-state index is 15.0. The van der Waals surface area contributed by atoms with E-state index >= 15 is 9.59 Å². The number of carboxylic acid groups (broad SMARTS) is 1. The molecule has 1 unspecified atom stereocenters. The zero-order chi connectivity index (χ0) is 61.4. The summed E-state index contributed by atoms with van der Waals surface area (Å²) < 4.78 is 47.0. The number of ether oxygens (including phenoxy) is 2. The van der Waals surface area contributed by atoms with E-state index < -0.39 is 87.5 Å². The standard InChI is InChI=1S/C63H83N7O13S2/c1-7-16-49(63(78)70-29-14-22-52(70)61(76)67-51(33-44-36-84-54-23-12-11-19-46(44)54)60(75)65-48(21-13-24-55(71)72)58(73)69-57(38(3)4)39(5)6)66-59(74)50(68-62(77)56-47-20-10-9-17-41(47)27-28-53(56)82-8-2)32-40-25-26-42(37-85(79,80)81)43(31-40)34-64-35-45-18-15-30-83-45/h9-12,17,19-20,23,25-28,31,36,38-39,45,48-52,57,64H,7-8,13-16,18,21-22,24,29-30,32-35,37H2,1-6H3,(H,65,75)(H,66,74)(H,67,76)(H,68,77)(H,69,73)(H,71,72)(H,79,80,81)/t45?,48-,49-,50-,51-,52-/m0/s1. The molecule has 20 nitrogen and oxygen atoms in total. The van der Waals surface area contributed by atoms with Crippen molar-refractivity contribution in [2.24, 2.45) is 11.8 Å². The highest BCUT2D eigenvalue weighted by atomic mass is 32.2. The van der Waals surface area contributed by atoms with Crippen molar-refractivity contribution < 1.29 is 61.1 Å². The van der Waals surface area contributed by atoms with E-state index in [0.717, 1.165) is 33.9 Å². The van der Waals surface area contributed by atoms with Crippen LogP contribution in [0.5, 0.6) is 5.75 Å². The number of thiophene rings is 1. The van der Waals surface area contributed by atoms with Crippen LogP contribution in [-0.4, -0.2) is 133 Å². The summed E-state index contributed by atoms with van der Waals surface area (Å²) >= 11 is 1.47. The van der Waals surface area contributed by atoms with Crippen molar-refractivity contribution in [3.8, 4) is 5.75 Å². The molecular formula is C63H83N7O13S2. The Balaban J connectivity index is 1.16. The molecular weight excluding hydrogens is 1130 g/mol. The Kier molecular flexibility index (Phi) is 23.8. The molecule has 0 bridgehead atoms. The fourth-order valence-corrected chi connectivity index (χ4v) is 13.1. The van der Waals surface area contributed by atoms with Crippen molar-refractivity contribution in [2.45, 2.75) is 167 Å². The van der Waals surface area contributed by atoms with Gasteiger partial charge in [-0.05, 0) is 120 Å². The van der Waals surface area contributed by atoms with Gasteiger partial charge in [-0.1, -0.05) is 108 Å². The van der Waals surface area contributed by atoms with Crippen molar-refractivity contribution in [3.05, 3.63) is 112 Å². The molecule has 85 heavy (non-hydrogen) atoms. The second kappa shape index (κ2) is 30.9. The predicted molar refractivity (Wildman–Crippen MR) is 327 cm³/mol. The minimum absolute atomic E-state index is 0.0185. The quantitative estimate of drug-likeness (QED) is 0.0208. The number of fused-ring (bicyclic) bond motifs is 2. The molecule has 0 aliphatic carbocycles. The van der Waals surface area contributed by atoms with Gasteiger partial charge in [-0.25, -0.2) is 0 Å². The zero-order valence-electron chi connectivity index (χ0n) is 49.4. The van der Waals surface area contributed by atoms with Crippen LogP contribution >= 0.6 is 11.3 Å². The van der Waals surface area contributed by atoms with Gasteiger partial charge in [-0.3, -0.25) is 38.1 Å². The molecule has 460 valence electrons. The summed E-state index contributed by atoms with van der Waals surface area (Å²) in [6.07, 6.45) is 2.78. The number of carboxylic acids is 1. The average molecular weight is 1210 g/mol. The Hall–Kier alpha value is -6.98. The van der Waals surface area contributed by atoms with Gasteiger partial charge in [0.25, 0.3) is 16.0 Å². The molecule has 0 saturated carbocycles. The van der Waals surface area contributed by atoms with Crippen molar-refractivity contribution in [1.82, 2.24) is 36.8 Å². The number of amides is 6. The van der Waals surface area contributed by atoms with E-state index in [4.69, 9.17) is 9.47 Å². The lowest BCUT2D eigenvalue weighted by Crippen LogP contribution is -2.59. The third kappa shape index (κ3) is 18.3. The zero-order valence-corrected chi connectivity index (χ0v) is 51.1. The summed E-state index contributed by atoms with van der Waals surface area (Å²) in [5.41, 5.74) is 2.36. The maximum absolute atomic E-state index is 15.0. The van der Waals surface area contributed by atoms with Crippen LogP contribution in [0.15, 0.2) is 84.2 Å². The van der Waals surface area contributed by atoms with Crippen LogP contribution in [0, 0.1) is 11.8 Å². The number of benzene rings is 4. The first-order valence-electron chi connectivity index (χ1n) is 29.7. The van der Waals surface area contributed by atoms with Gasteiger partial charge in [0.1, 0.15) is 41.7 Å². The summed E-state index contributed by atoms with van der Waals surface area (Å²) in [7, 11) is -4.45. The number of nitrogens with zero attached hydrogens (tertiary/aromatic N) is 1. The SMILES string of the molecule is CCC[C@H](NC(=O)[C@H](Cc1ccc(CS(=O)(=O)O)c(CNCC2CCCO2)c1)NC(=O)c1c(OCC)ccc2ccccc12)C(=O)N1CCC[C@H]1C(=O)N[C@@H](Cc1csc2ccccc12)C(=O)N[C@@H](CCCC(=O)O)C(=O)NC(C(C)C)C(C)C. The number of aliphatic carboxylic acids is 1. The number of hydrogen-bond acceptors (Lipinski definition) is 13. The highest BCUT2D eigenvalue weighted by molar-refractivity contribution is 7.85. The van der Waals surface area contributed by atoms with Gasteiger partial charge >= 0.3 is 5.97 Å². The third-order valence-electron chi connectivity index (χ3n) is 15.7. The predicted octanol–water partition coefficient (Wildman–Crippen LogP) is 6.99. The molecule has 22 heteroatoms. The van der Waals surface area contributed by atoms with Gasteiger partial charge in [-0.15, -0.1) is 11.3 Å². The molecule has 4 aromatic carbocycles. The Morgan fingerprint density at radius 1 is 0.741 bits per heavy atom. The minimum Gasteiger partial charge on any atom is -0.493 e. The summed E-state index contributed by atoms with van der Waals surface area (Å²) in [5, 5.41) is 31.7. The van der Waals surface area contributed by atoms with E-state index in [1.807, 2.05) is 82.5 Å². The average Bonchev–Trinajstić information content (AvgIpc) is 3.45. The van der Waals surface area contributed by atoms with Crippen LogP contribution in [0.4, 0.5) is 0 Å². The molecule has 2 aliphatic heterocycles. The summed E-state index contributed by atoms with van der Waals surface area (Å²) in [4.78, 5) is 101. The summed E-state index contributed by atoms with van der Waals surface area (Å²) in [6.45, 7) is 13.3. The molecule has 1 aromatic heterocycles. The van der Waals surface area contributed by atoms with Crippen LogP contribution in [0.1, 0.15) is 132 Å². The maximum Gasteiger partial charge on any atom is 0.303 e. The van der Waals surface area contributed by atoms with Crippen LogP contribution in [0.3, 0.4) is 0 Å². The van der Waals surface area contributed by atoms with Crippen molar-refractivity contribution in [2.75, 3.05) is 26.3 Å². The second-order valence-electron chi connectivity index (χ2n) is 22.8. The summed E-state index contributed by atoms with van der Waals surface area (Å²) in [6, 6.07) is 17.1. The third-order valence-corrected chi connectivity index (χ3v) is 17.4. The first kappa shape index (κ1) is 65.6. The topological polar surface area (TPSA) is 288 Å². The molecule has 2 saturated heterocycles. The molecule has 6 amide bonds. The van der Waals surface area contributed by atoms with Crippen LogP contribution < -0.4 is 36.6 Å². The highest BCUT2D eigenvalue weighted by Gasteiger charge is 2.40. The number of nitrogens with one attached hydrogen (secondary N) is 6. The monoisotopic (exact) mass is 1210 g/mol. The van der Waals surface area contributed by atoms with Crippen molar-refractivity contribution in [1.29, 1.82) is 0 Å². The highest BCUT2D eigenvalue weighted by Crippen LogP contribution is 2.30. The fraction of sp³-hybridized carbons (Fsp3) is 0.508. The van der Waals surface area contributed by atoms with Crippen LogP contribution in [0.25, 0.3) is 20.9 Å². The number of likely N-dealkylation sites (tertiary alicyclic amines) is 1. The molecule has 0 spiro atoms. The van der Waals surface area contributed by atoms with Crippen LogP contribution in [-0.2, 0) is 68.8 Å². The van der Waals surface area contributed by atoms with Gasteiger partial charge in [-0.2, -0.15) is 8.42 Å². The van der Waals surface area contributed by atoms with E-state index in [0.29, 0.717) is 48.1 Å². The van der Waals surface area contributed by atoms with Gasteiger partial charge in [0.05, 0.1) is 18.3 Å². The van der Waals surface area contributed by atoms with E-state index in [1.165, 1.54) is 16.2 Å². The lowest BCUT2D eigenvalue weighted by atomic mass is 9.92. The molecule has 2 fully saturated rings. The number of carbonyl (C=O) groups excluding carboxylic acids is 6. The molecule has 3 heterocycles. The Labute approximate surface area is 502 Å². The Morgan fingerprint density at radius 2 is 1.44 bits per heavy atom. The number of rotatable bonds is 31. The number of carbonyl (C=O) groups is 7. The molecule has 2 aliphatic rings. The molecule has 8 N–H and O–H groups in total. The summed E-state index contributed by atoms with van der Waals surface area (Å²) in [5.74, 6) is -4.99. The van der Waals surface area contributed by atoms with E-state index in [-0.39, 0.29) is 99.9 Å². The first-order chi connectivity index (χ1) is 40.6. The fourth-order valence-electron chi connectivity index (χ4n) is 11.5.